The first-order chi connectivity index (χ1) is 20.3. The first-order valence-corrected chi connectivity index (χ1v) is 14.2. The van der Waals surface area contributed by atoms with Crippen molar-refractivity contribution in [3.8, 4) is 22.8 Å². The van der Waals surface area contributed by atoms with Gasteiger partial charge in [-0.1, -0.05) is 11.8 Å². The molecule has 1 N–H and O–H groups in total. The first kappa shape index (κ1) is 27.5. The highest BCUT2D eigenvalue weighted by atomic mass is 32.2. The molecular formula is C27H26FN9O4S. The van der Waals surface area contributed by atoms with E-state index >= 15 is 4.39 Å². The standard InChI is InChI=1S/C27H26FN9O4S/c1-3-35-14-19(24(38)18-12-20(28)22(13-21(18)35)36-10-8-34(2)9-11-36)25-29-27(33-31-25)42-15-23-30-32-26(41-23)16-4-6-17(7-5-16)37(39)40/h4-7,12-14H,3,8-11,15H2,1-2H3,(H,29,31,33). The van der Waals surface area contributed by atoms with Crippen LogP contribution in [0, 0.1) is 15.9 Å². The number of hydrogen-bond donors (Lipinski definition) is 1. The molecular weight excluding hydrogens is 565 g/mol. The zero-order valence-electron chi connectivity index (χ0n) is 22.8. The van der Waals surface area contributed by atoms with Crippen molar-refractivity contribution in [2.45, 2.75) is 24.4 Å². The van der Waals surface area contributed by atoms with Crippen molar-refractivity contribution in [2.75, 3.05) is 38.1 Å². The molecule has 0 spiro atoms. The number of non-ortho nitro benzene ring substituents is 1. The summed E-state index contributed by atoms with van der Waals surface area (Å²) in [6.45, 7) is 5.65. The lowest BCUT2D eigenvalue weighted by Gasteiger charge is -2.34. The number of H-pyrrole nitrogens is 1. The molecule has 4 heterocycles. The Morgan fingerprint density at radius 2 is 1.90 bits per heavy atom. The Bertz CT molecular complexity index is 1830. The monoisotopic (exact) mass is 591 g/mol. The van der Waals surface area contributed by atoms with E-state index in [1.165, 1.54) is 42.1 Å². The second kappa shape index (κ2) is 11.3. The van der Waals surface area contributed by atoms with Gasteiger partial charge in [0.15, 0.2) is 11.3 Å². The van der Waals surface area contributed by atoms with Crippen LogP contribution >= 0.6 is 11.8 Å². The summed E-state index contributed by atoms with van der Waals surface area (Å²) in [5.41, 5.74) is 1.63. The van der Waals surface area contributed by atoms with Crippen LogP contribution in [0.1, 0.15) is 12.8 Å². The summed E-state index contributed by atoms with van der Waals surface area (Å²) < 4.78 is 22.9. The van der Waals surface area contributed by atoms with Crippen LogP contribution in [-0.2, 0) is 12.3 Å². The van der Waals surface area contributed by atoms with E-state index in [0.29, 0.717) is 47.4 Å². The van der Waals surface area contributed by atoms with Crippen molar-refractivity contribution in [1.29, 1.82) is 0 Å². The molecule has 1 saturated heterocycles. The van der Waals surface area contributed by atoms with Crippen LogP contribution in [0.15, 0.2) is 57.0 Å². The van der Waals surface area contributed by atoms with Gasteiger partial charge in [-0.25, -0.2) is 9.37 Å². The predicted octanol–water partition coefficient (Wildman–Crippen LogP) is 3.95. The Morgan fingerprint density at radius 1 is 1.14 bits per heavy atom. The largest absolute Gasteiger partial charge is 0.420 e. The predicted molar refractivity (Wildman–Crippen MR) is 155 cm³/mol. The van der Waals surface area contributed by atoms with Gasteiger partial charge in [0.2, 0.25) is 16.9 Å². The van der Waals surface area contributed by atoms with Crippen molar-refractivity contribution < 1.29 is 13.7 Å². The SMILES string of the molecule is CCn1cc(-c2nc(SCc3nnc(-c4ccc([N+](=O)[O-])cc4)o3)n[nH]2)c(=O)c2cc(F)c(N3CCN(C)CC3)cc21. The number of piperazine rings is 1. The number of benzene rings is 2. The normalized spacial score (nSPS) is 14.1. The third kappa shape index (κ3) is 5.35. The molecule has 0 aliphatic carbocycles. The number of pyridine rings is 1. The molecule has 0 radical (unpaired) electrons. The lowest BCUT2D eigenvalue weighted by molar-refractivity contribution is -0.384. The van der Waals surface area contributed by atoms with Crippen molar-refractivity contribution in [2.24, 2.45) is 0 Å². The minimum Gasteiger partial charge on any atom is -0.420 e. The zero-order valence-corrected chi connectivity index (χ0v) is 23.6. The number of nitro groups is 1. The Labute approximate surface area is 242 Å². The van der Waals surface area contributed by atoms with Crippen molar-refractivity contribution in [1.82, 2.24) is 34.8 Å². The molecule has 3 aromatic heterocycles. The first-order valence-electron chi connectivity index (χ1n) is 13.2. The minimum atomic E-state index is -0.482. The molecule has 2 aromatic carbocycles. The Morgan fingerprint density at radius 3 is 2.62 bits per heavy atom. The fraction of sp³-hybridized carbons (Fsp3) is 0.296. The molecule has 0 amide bonds. The molecule has 0 atom stereocenters. The molecule has 1 aliphatic rings. The van der Waals surface area contributed by atoms with Gasteiger partial charge in [0, 0.05) is 62.0 Å². The fourth-order valence-corrected chi connectivity index (χ4v) is 5.47. The van der Waals surface area contributed by atoms with E-state index in [0.717, 1.165) is 13.1 Å². The maximum absolute atomic E-state index is 15.3. The molecule has 0 bridgehead atoms. The number of hydrogen-bond acceptors (Lipinski definition) is 11. The molecule has 0 unspecified atom stereocenters. The minimum absolute atomic E-state index is 0.0351. The number of aromatic amines is 1. The lowest BCUT2D eigenvalue weighted by Crippen LogP contribution is -2.44. The van der Waals surface area contributed by atoms with Gasteiger partial charge in [-0.15, -0.1) is 15.3 Å². The summed E-state index contributed by atoms with van der Waals surface area (Å²) in [5.74, 6) is 0.646. The third-order valence-electron chi connectivity index (χ3n) is 7.17. The van der Waals surface area contributed by atoms with Crippen LogP contribution in [0.4, 0.5) is 15.8 Å². The topological polar surface area (TPSA) is 152 Å². The van der Waals surface area contributed by atoms with Gasteiger partial charge < -0.3 is 18.8 Å². The van der Waals surface area contributed by atoms with Gasteiger partial charge in [-0.3, -0.25) is 20.0 Å². The smallest absolute Gasteiger partial charge is 0.269 e. The van der Waals surface area contributed by atoms with E-state index < -0.39 is 10.7 Å². The van der Waals surface area contributed by atoms with Crippen molar-refractivity contribution >= 4 is 34.0 Å². The summed E-state index contributed by atoms with van der Waals surface area (Å²) in [5, 5.41) is 26.6. The van der Waals surface area contributed by atoms with Gasteiger partial charge in [0.05, 0.1) is 27.4 Å². The van der Waals surface area contributed by atoms with Gasteiger partial charge >= 0.3 is 0 Å². The molecule has 0 saturated carbocycles. The Kier molecular flexibility index (Phi) is 7.43. The Hall–Kier alpha value is -4.63. The van der Waals surface area contributed by atoms with Crippen molar-refractivity contribution in [3.05, 3.63) is 74.6 Å². The van der Waals surface area contributed by atoms with Gasteiger partial charge in [0.25, 0.3) is 5.69 Å². The number of halogens is 1. The highest BCUT2D eigenvalue weighted by Gasteiger charge is 2.21. The molecule has 5 aromatic rings. The average molecular weight is 592 g/mol. The average Bonchev–Trinajstić information content (AvgIpc) is 3.67. The van der Waals surface area contributed by atoms with Crippen LogP contribution in [-0.4, -0.2) is 73.0 Å². The van der Waals surface area contributed by atoms with E-state index in [1.54, 1.807) is 12.3 Å². The van der Waals surface area contributed by atoms with E-state index in [1.807, 2.05) is 23.4 Å². The van der Waals surface area contributed by atoms with Gasteiger partial charge in [-0.2, -0.15) is 0 Å². The number of aryl methyl sites for hydroxylation is 1. The molecule has 42 heavy (non-hydrogen) atoms. The zero-order chi connectivity index (χ0) is 29.4. The summed E-state index contributed by atoms with van der Waals surface area (Å²) >= 11 is 1.23. The number of rotatable bonds is 8. The van der Waals surface area contributed by atoms with E-state index in [9.17, 15) is 14.9 Å². The van der Waals surface area contributed by atoms with Crippen LogP contribution in [0.3, 0.4) is 0 Å². The molecule has 1 aliphatic heterocycles. The maximum Gasteiger partial charge on any atom is 0.269 e. The lowest BCUT2D eigenvalue weighted by atomic mass is 10.1. The summed E-state index contributed by atoms with van der Waals surface area (Å²) in [4.78, 5) is 32.6. The molecule has 216 valence electrons. The van der Waals surface area contributed by atoms with Crippen LogP contribution in [0.2, 0.25) is 0 Å². The highest BCUT2D eigenvalue weighted by molar-refractivity contribution is 7.98. The molecule has 15 heteroatoms. The summed E-state index contributed by atoms with van der Waals surface area (Å²) in [7, 11) is 2.04. The fourth-order valence-electron chi connectivity index (χ4n) is 4.83. The number of aromatic nitrogens is 6. The van der Waals surface area contributed by atoms with Crippen LogP contribution in [0.25, 0.3) is 33.7 Å². The molecule has 13 nitrogen and oxygen atoms in total. The number of anilines is 1. The van der Waals surface area contributed by atoms with Crippen LogP contribution < -0.4 is 10.3 Å². The summed E-state index contributed by atoms with van der Waals surface area (Å²) in [6.07, 6.45) is 1.72. The van der Waals surface area contributed by atoms with E-state index in [4.69, 9.17) is 4.42 Å². The molecule has 1 fully saturated rings. The second-order valence-corrected chi connectivity index (χ2v) is 10.8. The van der Waals surface area contributed by atoms with E-state index in [2.05, 4.69) is 30.3 Å². The van der Waals surface area contributed by atoms with Gasteiger partial charge in [-0.05, 0) is 38.2 Å². The van der Waals surface area contributed by atoms with Crippen LogP contribution in [0.5, 0.6) is 0 Å². The Balaban J connectivity index is 1.21. The number of likely N-dealkylation sites (N-methyl/N-ethyl adjacent to an activating group) is 1. The summed E-state index contributed by atoms with van der Waals surface area (Å²) in [6, 6.07) is 8.89. The number of nitro benzene ring substituents is 1. The number of thioether (sulfide) groups is 1. The van der Waals surface area contributed by atoms with Crippen molar-refractivity contribution in [3.63, 3.8) is 0 Å². The third-order valence-corrected chi connectivity index (χ3v) is 8.00. The number of nitrogens with one attached hydrogen (secondary N) is 1. The number of fused-ring (bicyclic) bond motifs is 1. The molecule has 6 rings (SSSR count). The maximum atomic E-state index is 15.3. The van der Waals surface area contributed by atoms with E-state index in [-0.39, 0.29) is 39.5 Å². The highest BCUT2D eigenvalue weighted by Crippen LogP contribution is 2.29. The second-order valence-electron chi connectivity index (χ2n) is 9.83. The van der Waals surface area contributed by atoms with Gasteiger partial charge in [0.1, 0.15) is 5.82 Å². The quantitative estimate of drug-likeness (QED) is 0.159. The number of nitrogens with zero attached hydrogens (tertiary/aromatic N) is 8.